The summed E-state index contributed by atoms with van der Waals surface area (Å²) in [6, 6.07) is 20.6. The second-order valence-electron chi connectivity index (χ2n) is 9.79. The van der Waals surface area contributed by atoms with Crippen molar-refractivity contribution in [3.63, 3.8) is 0 Å². The second-order valence-corrected chi connectivity index (χ2v) is 14.0. The fraction of sp³-hybridized carbons (Fsp3) is 0.500. The Balaban J connectivity index is 1.87. The van der Waals surface area contributed by atoms with Gasteiger partial charge in [-0.3, -0.25) is 0 Å². The Bertz CT molecular complexity index is 844. The Kier molecular flexibility index (Phi) is 5.25. The first-order chi connectivity index (χ1) is 14.1. The van der Waals surface area contributed by atoms with Crippen LogP contribution in [-0.2, 0) is 9.16 Å². The van der Waals surface area contributed by atoms with E-state index in [1.165, 1.54) is 0 Å². The minimum atomic E-state index is -2.85. The van der Waals surface area contributed by atoms with Crippen molar-refractivity contribution >= 4 is 18.7 Å². The lowest BCUT2D eigenvalue weighted by atomic mass is 9.84. The minimum absolute atomic E-state index is 0.220. The molecular formula is C24H32O5Si. The topological polar surface area (TPSA) is 79.2 Å². The Morgan fingerprint density at radius 1 is 0.967 bits per heavy atom. The molecule has 0 aromatic heterocycles. The number of hydrogen-bond donors (Lipinski definition) is 3. The lowest BCUT2D eigenvalue weighted by Crippen LogP contribution is -2.69. The van der Waals surface area contributed by atoms with Crippen molar-refractivity contribution in [2.45, 2.75) is 75.3 Å². The van der Waals surface area contributed by atoms with E-state index in [1.54, 1.807) is 6.92 Å². The summed E-state index contributed by atoms with van der Waals surface area (Å²) in [5.41, 5.74) is -2.73. The van der Waals surface area contributed by atoms with E-state index in [1.807, 2.05) is 36.4 Å². The van der Waals surface area contributed by atoms with Gasteiger partial charge in [-0.1, -0.05) is 81.4 Å². The van der Waals surface area contributed by atoms with Crippen LogP contribution in [0.3, 0.4) is 0 Å². The van der Waals surface area contributed by atoms with Crippen LogP contribution in [0.5, 0.6) is 0 Å². The monoisotopic (exact) mass is 428 g/mol. The van der Waals surface area contributed by atoms with Crippen molar-refractivity contribution in [1.29, 1.82) is 0 Å². The maximum atomic E-state index is 11.2. The smallest absolute Gasteiger partial charge is 0.261 e. The van der Waals surface area contributed by atoms with E-state index in [4.69, 9.17) is 9.16 Å². The van der Waals surface area contributed by atoms with Gasteiger partial charge in [0.15, 0.2) is 6.29 Å². The fourth-order valence-corrected chi connectivity index (χ4v) is 10.2. The maximum absolute atomic E-state index is 11.2. The fourth-order valence-electron chi connectivity index (χ4n) is 5.40. The first-order valence-corrected chi connectivity index (χ1v) is 12.5. The molecule has 2 fully saturated rings. The van der Waals surface area contributed by atoms with Gasteiger partial charge in [-0.2, -0.15) is 0 Å². The first kappa shape index (κ1) is 21.7. The van der Waals surface area contributed by atoms with Crippen LogP contribution < -0.4 is 10.4 Å². The molecule has 1 saturated carbocycles. The van der Waals surface area contributed by atoms with Gasteiger partial charge in [0.1, 0.15) is 17.3 Å². The number of aliphatic hydroxyl groups excluding tert-OH is 2. The van der Waals surface area contributed by atoms with Crippen molar-refractivity contribution in [3.05, 3.63) is 60.7 Å². The van der Waals surface area contributed by atoms with Crippen molar-refractivity contribution in [2.24, 2.45) is 0 Å². The molecule has 30 heavy (non-hydrogen) atoms. The zero-order chi connectivity index (χ0) is 21.8. The van der Waals surface area contributed by atoms with Crippen molar-refractivity contribution < 1.29 is 24.5 Å². The number of hydrogen-bond acceptors (Lipinski definition) is 5. The van der Waals surface area contributed by atoms with Crippen molar-refractivity contribution in [3.8, 4) is 0 Å². The van der Waals surface area contributed by atoms with Crippen LogP contribution >= 0.6 is 0 Å². The molecule has 0 radical (unpaired) electrons. The Labute approximate surface area is 179 Å². The molecule has 1 heterocycles. The summed E-state index contributed by atoms with van der Waals surface area (Å²) in [6.45, 7) is 8.34. The van der Waals surface area contributed by atoms with Gasteiger partial charge in [0.2, 0.25) is 0 Å². The van der Waals surface area contributed by atoms with Gasteiger partial charge in [0, 0.05) is 0 Å². The summed E-state index contributed by atoms with van der Waals surface area (Å²) in [4.78, 5) is 0. The zero-order valence-corrected chi connectivity index (χ0v) is 19.1. The predicted octanol–water partition coefficient (Wildman–Crippen LogP) is 1.92. The first-order valence-electron chi connectivity index (χ1n) is 10.6. The third-order valence-electron chi connectivity index (χ3n) is 7.12. The van der Waals surface area contributed by atoms with Crippen LogP contribution in [0.15, 0.2) is 60.7 Å². The molecule has 1 aliphatic carbocycles. The van der Waals surface area contributed by atoms with Crippen LogP contribution in [0.25, 0.3) is 0 Å². The average molecular weight is 429 g/mol. The highest BCUT2D eigenvalue weighted by Crippen LogP contribution is 2.53. The highest BCUT2D eigenvalue weighted by atomic mass is 28.4. The molecule has 4 rings (SSSR count). The number of benzene rings is 2. The van der Waals surface area contributed by atoms with Crippen LogP contribution in [0.4, 0.5) is 0 Å². The molecule has 0 spiro atoms. The van der Waals surface area contributed by atoms with Gasteiger partial charge >= 0.3 is 0 Å². The highest BCUT2D eigenvalue weighted by molar-refractivity contribution is 6.99. The molecule has 6 heteroatoms. The molecule has 3 N–H and O–H groups in total. The van der Waals surface area contributed by atoms with Crippen LogP contribution in [0, 0.1) is 0 Å². The van der Waals surface area contributed by atoms with E-state index < -0.39 is 38.0 Å². The molecule has 162 valence electrons. The number of ether oxygens (including phenoxy) is 1. The standard InChI is InChI=1S/C24H32O5Si/c1-22(2,3)30(17-11-7-5-8-12-17,18-13-9-6-10-14-18)29-19-15-16-24(27)20(25)21(26)28-23(19,24)4/h5-14,19-21,25-27H,15-16H2,1-4H3/t19-,20-,21?,23+,24-/m0/s1. The largest absolute Gasteiger partial charge is 0.401 e. The molecule has 5 nitrogen and oxygen atoms in total. The summed E-state index contributed by atoms with van der Waals surface area (Å²) >= 11 is 0. The number of fused-ring (bicyclic) bond motifs is 1. The lowest BCUT2D eigenvalue weighted by Gasteiger charge is -2.47. The Hall–Kier alpha value is -1.54. The van der Waals surface area contributed by atoms with E-state index >= 15 is 0 Å². The zero-order valence-electron chi connectivity index (χ0n) is 18.1. The van der Waals surface area contributed by atoms with Gasteiger partial charge in [-0.25, -0.2) is 0 Å². The van der Waals surface area contributed by atoms with Gasteiger partial charge in [0.05, 0.1) is 6.10 Å². The van der Waals surface area contributed by atoms with Gasteiger partial charge < -0.3 is 24.5 Å². The molecule has 1 saturated heterocycles. The van der Waals surface area contributed by atoms with E-state index in [9.17, 15) is 15.3 Å². The number of rotatable bonds is 4. The Morgan fingerprint density at radius 3 is 1.93 bits per heavy atom. The molecule has 2 aliphatic rings. The van der Waals surface area contributed by atoms with Gasteiger partial charge in [0.25, 0.3) is 8.32 Å². The predicted molar refractivity (Wildman–Crippen MR) is 118 cm³/mol. The average Bonchev–Trinajstić information content (AvgIpc) is 3.06. The van der Waals surface area contributed by atoms with Crippen LogP contribution in [0.1, 0.15) is 40.5 Å². The van der Waals surface area contributed by atoms with E-state index in [0.29, 0.717) is 12.8 Å². The Morgan fingerprint density at radius 2 is 1.47 bits per heavy atom. The normalized spacial score (nSPS) is 34.2. The third-order valence-corrected chi connectivity index (χ3v) is 12.2. The van der Waals surface area contributed by atoms with Gasteiger partial charge in [-0.15, -0.1) is 0 Å². The summed E-state index contributed by atoms with van der Waals surface area (Å²) in [5, 5.41) is 33.9. The van der Waals surface area contributed by atoms with Crippen LogP contribution in [0.2, 0.25) is 5.04 Å². The molecule has 1 aliphatic heterocycles. The van der Waals surface area contributed by atoms with Crippen LogP contribution in [-0.4, -0.2) is 53.3 Å². The molecule has 2 aromatic carbocycles. The molecular weight excluding hydrogens is 396 g/mol. The highest BCUT2D eigenvalue weighted by Gasteiger charge is 2.70. The lowest BCUT2D eigenvalue weighted by molar-refractivity contribution is -0.184. The summed E-state index contributed by atoms with van der Waals surface area (Å²) < 4.78 is 12.9. The SMILES string of the molecule is CC(C)(C)[Si](O[C@H]1CC[C@]2(O)[C@@H](O)C(O)O[C@]12C)(c1ccccc1)c1ccccc1. The number of aliphatic hydroxyl groups is 3. The summed E-state index contributed by atoms with van der Waals surface area (Å²) in [7, 11) is -2.85. The summed E-state index contributed by atoms with van der Waals surface area (Å²) in [6.07, 6.45) is -2.40. The van der Waals surface area contributed by atoms with Crippen molar-refractivity contribution in [1.82, 2.24) is 0 Å². The quantitative estimate of drug-likeness (QED) is 0.649. The van der Waals surface area contributed by atoms with Gasteiger partial charge in [-0.05, 0) is 35.2 Å². The second kappa shape index (κ2) is 7.26. The van der Waals surface area contributed by atoms with Crippen molar-refractivity contribution in [2.75, 3.05) is 0 Å². The molecule has 0 bridgehead atoms. The van der Waals surface area contributed by atoms with E-state index in [-0.39, 0.29) is 5.04 Å². The molecule has 1 unspecified atom stereocenters. The third kappa shape index (κ3) is 2.93. The van der Waals surface area contributed by atoms with E-state index in [2.05, 4.69) is 45.0 Å². The molecule has 2 aromatic rings. The maximum Gasteiger partial charge on any atom is 0.261 e. The molecule has 5 atom stereocenters. The molecule has 0 amide bonds. The minimum Gasteiger partial charge on any atom is -0.401 e. The van der Waals surface area contributed by atoms with E-state index in [0.717, 1.165) is 10.4 Å². The summed E-state index contributed by atoms with van der Waals surface area (Å²) in [5.74, 6) is 0.